The molecule has 1 N–H and O–H groups in total. The van der Waals surface area contributed by atoms with E-state index in [4.69, 9.17) is 0 Å². The molecule has 4 aromatic rings. The first kappa shape index (κ1) is 19.3. The molecule has 4 rings (SSSR count). The first-order chi connectivity index (χ1) is 14.7. The number of carbonyl (C=O) groups is 1. The van der Waals surface area contributed by atoms with Crippen LogP contribution in [0, 0.1) is 0 Å². The van der Waals surface area contributed by atoms with Crippen molar-refractivity contribution in [1.29, 1.82) is 0 Å². The third-order valence-corrected chi connectivity index (χ3v) is 4.52. The number of nitrogens with zero attached hydrogens (tertiary/aromatic N) is 5. The highest BCUT2D eigenvalue weighted by molar-refractivity contribution is 5.75. The molecule has 0 aliphatic heterocycles. The predicted molar refractivity (Wildman–Crippen MR) is 111 cm³/mol. The number of hydrogen-bond donors (Lipinski definition) is 1. The average molecular weight is 400 g/mol. The normalized spacial score (nSPS) is 10.7. The molecule has 0 atom stereocenters. The van der Waals surface area contributed by atoms with Crippen LogP contribution in [-0.2, 0) is 24.4 Å². The van der Waals surface area contributed by atoms with E-state index in [1.165, 1.54) is 17.1 Å². The molecule has 150 valence electrons. The molecule has 8 heteroatoms. The minimum Gasteiger partial charge on any atom is -0.350 e. The van der Waals surface area contributed by atoms with Crippen LogP contribution in [0.15, 0.2) is 84.2 Å². The highest BCUT2D eigenvalue weighted by Gasteiger charge is 2.08. The van der Waals surface area contributed by atoms with Crippen molar-refractivity contribution in [1.82, 2.24) is 29.9 Å². The largest absolute Gasteiger partial charge is 0.350 e. The van der Waals surface area contributed by atoms with Crippen LogP contribution in [0.3, 0.4) is 0 Å². The third-order valence-electron chi connectivity index (χ3n) is 4.52. The summed E-state index contributed by atoms with van der Waals surface area (Å²) in [6, 6.07) is 20.5. The average Bonchev–Trinajstić information content (AvgIpc) is 3.28. The summed E-state index contributed by atoms with van der Waals surface area (Å²) < 4.78 is 2.91. The topological polar surface area (TPSA) is 94.7 Å². The van der Waals surface area contributed by atoms with Crippen molar-refractivity contribution < 1.29 is 4.79 Å². The summed E-state index contributed by atoms with van der Waals surface area (Å²) in [4.78, 5) is 28.4. The summed E-state index contributed by atoms with van der Waals surface area (Å²) in [5, 5.41) is 11.3. The van der Waals surface area contributed by atoms with Crippen LogP contribution in [0.5, 0.6) is 0 Å². The molecule has 8 nitrogen and oxygen atoms in total. The van der Waals surface area contributed by atoms with E-state index in [0.29, 0.717) is 18.8 Å². The number of benzene rings is 2. The molecule has 0 bridgehead atoms. The number of nitrogens with one attached hydrogen (secondary N) is 1. The van der Waals surface area contributed by atoms with Gasteiger partial charge >= 0.3 is 0 Å². The van der Waals surface area contributed by atoms with Crippen molar-refractivity contribution in [3.63, 3.8) is 0 Å². The Balaban J connectivity index is 1.39. The van der Waals surface area contributed by atoms with Gasteiger partial charge in [0, 0.05) is 18.2 Å². The van der Waals surface area contributed by atoms with Crippen molar-refractivity contribution in [2.45, 2.75) is 19.6 Å². The van der Waals surface area contributed by atoms with Gasteiger partial charge in [-0.15, -0.1) is 0 Å². The van der Waals surface area contributed by atoms with Gasteiger partial charge in [-0.3, -0.25) is 9.59 Å². The zero-order valence-electron chi connectivity index (χ0n) is 16.2. The fourth-order valence-corrected chi connectivity index (χ4v) is 3.06. The maximum atomic E-state index is 12.4. The Morgan fingerprint density at radius 3 is 2.60 bits per heavy atom. The van der Waals surface area contributed by atoms with Gasteiger partial charge in [-0.25, -0.2) is 14.3 Å². The van der Waals surface area contributed by atoms with Gasteiger partial charge in [-0.2, -0.15) is 10.2 Å². The van der Waals surface area contributed by atoms with E-state index in [0.717, 1.165) is 16.7 Å². The van der Waals surface area contributed by atoms with Gasteiger partial charge in [0.2, 0.25) is 5.91 Å². The monoisotopic (exact) mass is 400 g/mol. The Bertz CT molecular complexity index is 1190. The number of carbonyl (C=O) groups excluding carboxylic acids is 1. The van der Waals surface area contributed by atoms with Crippen LogP contribution < -0.4 is 10.9 Å². The SMILES string of the molecule is O=C(Cn1nc(-c2ccccc2)ccc1=O)NCc1cccc(Cn2cncn2)c1. The maximum Gasteiger partial charge on any atom is 0.267 e. The fraction of sp³-hybridized carbons (Fsp3) is 0.136. The quantitative estimate of drug-likeness (QED) is 0.511. The Hall–Kier alpha value is -4.07. The third kappa shape index (κ3) is 4.85. The molecule has 0 saturated carbocycles. The molecule has 1 amide bonds. The highest BCUT2D eigenvalue weighted by atomic mass is 16.2. The van der Waals surface area contributed by atoms with Crippen molar-refractivity contribution in [3.05, 3.63) is 101 Å². The number of amides is 1. The summed E-state index contributed by atoms with van der Waals surface area (Å²) in [5.41, 5.74) is 3.22. The van der Waals surface area contributed by atoms with Gasteiger partial charge < -0.3 is 5.32 Å². The van der Waals surface area contributed by atoms with E-state index in [1.807, 2.05) is 54.6 Å². The van der Waals surface area contributed by atoms with Gasteiger partial charge in [-0.05, 0) is 17.2 Å². The van der Waals surface area contributed by atoms with Crippen LogP contribution >= 0.6 is 0 Å². The second-order valence-corrected chi connectivity index (χ2v) is 6.77. The van der Waals surface area contributed by atoms with Crippen LogP contribution in [-0.4, -0.2) is 30.5 Å². The van der Waals surface area contributed by atoms with E-state index < -0.39 is 0 Å². The molecule has 0 radical (unpaired) electrons. The summed E-state index contributed by atoms with van der Waals surface area (Å²) in [6.07, 6.45) is 3.15. The Morgan fingerprint density at radius 2 is 1.80 bits per heavy atom. The smallest absolute Gasteiger partial charge is 0.267 e. The molecule has 2 aromatic heterocycles. The van der Waals surface area contributed by atoms with Gasteiger partial charge in [0.1, 0.15) is 19.2 Å². The molecule has 0 aliphatic carbocycles. The second kappa shape index (κ2) is 8.95. The molecular weight excluding hydrogens is 380 g/mol. The molecule has 30 heavy (non-hydrogen) atoms. The minimum absolute atomic E-state index is 0.141. The molecule has 0 unspecified atom stereocenters. The first-order valence-electron chi connectivity index (χ1n) is 9.48. The van der Waals surface area contributed by atoms with E-state index in [9.17, 15) is 9.59 Å². The number of rotatable bonds is 7. The van der Waals surface area contributed by atoms with Crippen LogP contribution in [0.4, 0.5) is 0 Å². The standard InChI is InChI=1S/C22H20N6O2/c29-21(14-28-22(30)10-9-20(26-28)19-7-2-1-3-8-19)24-12-17-5-4-6-18(11-17)13-27-16-23-15-25-27/h1-11,15-16H,12-14H2,(H,24,29). The second-order valence-electron chi connectivity index (χ2n) is 6.77. The van der Waals surface area contributed by atoms with Crippen molar-refractivity contribution in [3.8, 4) is 11.3 Å². The summed E-state index contributed by atoms with van der Waals surface area (Å²) in [6.45, 7) is 0.822. The maximum absolute atomic E-state index is 12.4. The molecule has 2 heterocycles. The van der Waals surface area contributed by atoms with E-state index in [2.05, 4.69) is 20.5 Å². The fourth-order valence-electron chi connectivity index (χ4n) is 3.06. The molecular formula is C22H20N6O2. The zero-order chi connectivity index (χ0) is 20.8. The van der Waals surface area contributed by atoms with Gasteiger partial charge in [0.25, 0.3) is 5.56 Å². The lowest BCUT2D eigenvalue weighted by Crippen LogP contribution is -2.33. The zero-order valence-corrected chi connectivity index (χ0v) is 16.2. The van der Waals surface area contributed by atoms with E-state index >= 15 is 0 Å². The number of aromatic nitrogens is 5. The van der Waals surface area contributed by atoms with Gasteiger partial charge in [0.05, 0.1) is 12.2 Å². The Labute approximate surface area is 172 Å². The summed E-state index contributed by atoms with van der Waals surface area (Å²) >= 11 is 0. The first-order valence-corrected chi connectivity index (χ1v) is 9.48. The van der Waals surface area contributed by atoms with Crippen LogP contribution in [0.1, 0.15) is 11.1 Å². The number of hydrogen-bond acceptors (Lipinski definition) is 5. The van der Waals surface area contributed by atoms with Crippen molar-refractivity contribution in [2.24, 2.45) is 0 Å². The van der Waals surface area contributed by atoms with Crippen LogP contribution in [0.2, 0.25) is 0 Å². The molecule has 0 spiro atoms. The van der Waals surface area contributed by atoms with E-state index in [-0.39, 0.29) is 18.0 Å². The molecule has 0 saturated heterocycles. The highest BCUT2D eigenvalue weighted by Crippen LogP contribution is 2.14. The minimum atomic E-state index is -0.320. The Morgan fingerprint density at radius 1 is 0.967 bits per heavy atom. The van der Waals surface area contributed by atoms with Gasteiger partial charge in [0.15, 0.2) is 0 Å². The van der Waals surface area contributed by atoms with Gasteiger partial charge in [-0.1, -0.05) is 54.6 Å². The lowest BCUT2D eigenvalue weighted by molar-refractivity contribution is -0.122. The predicted octanol–water partition coefficient (Wildman–Crippen LogP) is 1.87. The van der Waals surface area contributed by atoms with Crippen LogP contribution in [0.25, 0.3) is 11.3 Å². The molecule has 0 fully saturated rings. The van der Waals surface area contributed by atoms with Crippen molar-refractivity contribution in [2.75, 3.05) is 0 Å². The summed E-state index contributed by atoms with van der Waals surface area (Å²) in [7, 11) is 0. The summed E-state index contributed by atoms with van der Waals surface area (Å²) in [5.74, 6) is -0.281. The molecule has 0 aliphatic rings. The lowest BCUT2D eigenvalue weighted by atomic mass is 10.1. The van der Waals surface area contributed by atoms with E-state index in [1.54, 1.807) is 17.1 Å². The van der Waals surface area contributed by atoms with Crippen molar-refractivity contribution >= 4 is 5.91 Å². The Kier molecular flexibility index (Phi) is 5.75. The molecule has 2 aromatic carbocycles. The lowest BCUT2D eigenvalue weighted by Gasteiger charge is -2.09.